The number of amides is 3. The van der Waals surface area contributed by atoms with Crippen molar-refractivity contribution in [1.82, 2.24) is 5.32 Å². The van der Waals surface area contributed by atoms with Crippen molar-refractivity contribution in [3.05, 3.63) is 24.3 Å². The first-order valence-corrected chi connectivity index (χ1v) is 6.00. The minimum Gasteiger partial charge on any atom is -0.378 e. The summed E-state index contributed by atoms with van der Waals surface area (Å²) < 4.78 is 0. The molecule has 3 amide bonds. The van der Waals surface area contributed by atoms with Gasteiger partial charge in [0.25, 0.3) is 0 Å². The van der Waals surface area contributed by atoms with Crippen molar-refractivity contribution in [3.8, 4) is 0 Å². The van der Waals surface area contributed by atoms with Gasteiger partial charge in [0.05, 0.1) is 0 Å². The van der Waals surface area contributed by atoms with Crippen LogP contribution in [-0.4, -0.2) is 31.9 Å². The molecule has 0 aliphatic carbocycles. The second-order valence-corrected chi connectivity index (χ2v) is 4.26. The number of nitrogens with one attached hydrogen (secondary N) is 2. The Balaban J connectivity index is 2.52. The fourth-order valence-corrected chi connectivity index (χ4v) is 1.45. The molecule has 0 bridgehead atoms. The Hall–Kier alpha value is -1.75. The molecule has 0 heterocycles. The van der Waals surface area contributed by atoms with Crippen molar-refractivity contribution in [1.29, 1.82) is 0 Å². The van der Waals surface area contributed by atoms with Crippen LogP contribution < -0.4 is 15.5 Å². The van der Waals surface area contributed by atoms with Crippen molar-refractivity contribution in [2.24, 2.45) is 0 Å². The molecule has 98 valence electrons. The van der Waals surface area contributed by atoms with Gasteiger partial charge in [0, 0.05) is 37.8 Å². The van der Waals surface area contributed by atoms with Crippen LogP contribution in [0.5, 0.6) is 0 Å². The average molecular weight is 270 g/mol. The maximum Gasteiger partial charge on any atom is 0.325 e. The average Bonchev–Trinajstić information content (AvgIpc) is 2.29. The van der Waals surface area contributed by atoms with Gasteiger partial charge in [0.2, 0.25) is 5.91 Å². The summed E-state index contributed by atoms with van der Waals surface area (Å²) in [5.74, 6) is -0.205. The third-order valence-electron chi connectivity index (χ3n) is 2.22. The van der Waals surface area contributed by atoms with Crippen molar-refractivity contribution in [3.63, 3.8) is 0 Å². The van der Waals surface area contributed by atoms with E-state index in [2.05, 4.69) is 10.6 Å². The van der Waals surface area contributed by atoms with Crippen molar-refractivity contribution in [2.45, 2.75) is 6.42 Å². The first-order chi connectivity index (χ1) is 8.52. The standard InChI is InChI=1S/C12H16ClN3O2/c1-16(2)10-5-3-9(4-6-10)14-12(18)15-11(17)7-8-13/h3-6H,7-8H2,1-2H3,(H2,14,15,17,18). The molecule has 0 unspecified atom stereocenters. The van der Waals surface area contributed by atoms with Crippen molar-refractivity contribution >= 4 is 34.9 Å². The fraction of sp³-hybridized carbons (Fsp3) is 0.333. The molecule has 1 rings (SSSR count). The molecule has 0 aliphatic rings. The molecule has 0 saturated heterocycles. The third-order valence-corrected chi connectivity index (χ3v) is 2.41. The zero-order valence-electron chi connectivity index (χ0n) is 10.4. The predicted molar refractivity (Wildman–Crippen MR) is 73.3 cm³/mol. The van der Waals surface area contributed by atoms with Crippen LogP contribution in [0.15, 0.2) is 24.3 Å². The van der Waals surface area contributed by atoms with Crippen LogP contribution in [0.4, 0.5) is 16.2 Å². The van der Waals surface area contributed by atoms with E-state index in [0.717, 1.165) is 5.69 Å². The van der Waals surface area contributed by atoms with Crippen molar-refractivity contribution < 1.29 is 9.59 Å². The number of carbonyl (C=O) groups is 2. The van der Waals surface area contributed by atoms with Gasteiger partial charge in [0.15, 0.2) is 0 Å². The highest BCUT2D eigenvalue weighted by Crippen LogP contribution is 2.15. The van der Waals surface area contributed by atoms with E-state index in [9.17, 15) is 9.59 Å². The minimum absolute atomic E-state index is 0.120. The Bertz CT molecular complexity index is 418. The first-order valence-electron chi connectivity index (χ1n) is 5.47. The Kier molecular flexibility index (Phi) is 5.45. The van der Waals surface area contributed by atoms with E-state index in [1.807, 2.05) is 31.1 Å². The summed E-state index contributed by atoms with van der Waals surface area (Å²) in [7, 11) is 3.86. The van der Waals surface area contributed by atoms with Crippen LogP contribution >= 0.6 is 11.6 Å². The molecule has 0 radical (unpaired) electrons. The summed E-state index contributed by atoms with van der Waals surface area (Å²) in [6.45, 7) is 0. The molecule has 0 fully saturated rings. The molecule has 0 atom stereocenters. The summed E-state index contributed by atoms with van der Waals surface area (Å²) in [5.41, 5.74) is 1.65. The number of benzene rings is 1. The summed E-state index contributed by atoms with van der Waals surface area (Å²) in [6, 6.07) is 6.72. The minimum atomic E-state index is -0.553. The number of imide groups is 1. The highest BCUT2D eigenvalue weighted by molar-refractivity contribution is 6.19. The van der Waals surface area contributed by atoms with Gasteiger partial charge < -0.3 is 10.2 Å². The maximum atomic E-state index is 11.4. The van der Waals surface area contributed by atoms with Crippen LogP contribution in [0.3, 0.4) is 0 Å². The first kappa shape index (κ1) is 14.3. The fourth-order valence-electron chi connectivity index (χ4n) is 1.28. The van der Waals surface area contributed by atoms with E-state index < -0.39 is 11.9 Å². The molecular weight excluding hydrogens is 254 g/mol. The van der Waals surface area contributed by atoms with Crippen molar-refractivity contribution in [2.75, 3.05) is 30.2 Å². The van der Waals surface area contributed by atoms with Gasteiger partial charge in [-0.15, -0.1) is 11.6 Å². The number of anilines is 2. The Morgan fingerprint density at radius 1 is 1.22 bits per heavy atom. The van der Waals surface area contributed by atoms with Gasteiger partial charge in [-0.25, -0.2) is 4.79 Å². The lowest BCUT2D eigenvalue weighted by Crippen LogP contribution is -2.34. The van der Waals surface area contributed by atoms with E-state index in [-0.39, 0.29) is 12.3 Å². The second kappa shape index (κ2) is 6.86. The highest BCUT2D eigenvalue weighted by Gasteiger charge is 2.07. The molecular formula is C12H16ClN3O2. The summed E-state index contributed by atoms with van der Waals surface area (Å²) in [4.78, 5) is 24.5. The lowest BCUT2D eigenvalue weighted by atomic mass is 10.2. The molecule has 0 spiro atoms. The van der Waals surface area contributed by atoms with Crippen LogP contribution in [0, 0.1) is 0 Å². The Morgan fingerprint density at radius 2 is 1.83 bits per heavy atom. The number of halogens is 1. The van der Waals surface area contributed by atoms with Gasteiger partial charge in [0.1, 0.15) is 0 Å². The Morgan fingerprint density at radius 3 is 2.33 bits per heavy atom. The monoisotopic (exact) mass is 269 g/mol. The number of urea groups is 1. The number of rotatable bonds is 4. The molecule has 0 aromatic heterocycles. The van der Waals surface area contributed by atoms with Gasteiger partial charge in [-0.05, 0) is 24.3 Å². The van der Waals surface area contributed by atoms with Gasteiger partial charge in [-0.1, -0.05) is 0 Å². The largest absolute Gasteiger partial charge is 0.378 e. The number of nitrogens with zero attached hydrogens (tertiary/aromatic N) is 1. The SMILES string of the molecule is CN(C)c1ccc(NC(=O)NC(=O)CCCl)cc1. The van der Waals surface area contributed by atoms with Crippen LogP contribution in [-0.2, 0) is 4.79 Å². The molecule has 5 nitrogen and oxygen atoms in total. The smallest absolute Gasteiger partial charge is 0.325 e. The van der Waals surface area contributed by atoms with E-state index in [1.165, 1.54) is 0 Å². The van der Waals surface area contributed by atoms with Gasteiger partial charge >= 0.3 is 6.03 Å². The van der Waals surface area contributed by atoms with Gasteiger partial charge in [-0.3, -0.25) is 10.1 Å². The van der Waals surface area contributed by atoms with Gasteiger partial charge in [-0.2, -0.15) is 0 Å². The van der Waals surface area contributed by atoms with E-state index in [1.54, 1.807) is 12.1 Å². The quantitative estimate of drug-likeness (QED) is 0.822. The number of carbonyl (C=O) groups excluding carboxylic acids is 2. The highest BCUT2D eigenvalue weighted by atomic mass is 35.5. The second-order valence-electron chi connectivity index (χ2n) is 3.88. The topological polar surface area (TPSA) is 61.4 Å². The molecule has 0 saturated carbocycles. The number of hydrogen-bond donors (Lipinski definition) is 2. The maximum absolute atomic E-state index is 11.4. The lowest BCUT2D eigenvalue weighted by molar-refractivity contribution is -0.119. The summed E-state index contributed by atoms with van der Waals surface area (Å²) >= 11 is 5.39. The number of alkyl halides is 1. The Labute approximate surface area is 111 Å². The van der Waals surface area contributed by atoms with Crippen LogP contribution in [0.25, 0.3) is 0 Å². The molecule has 1 aromatic rings. The third kappa shape index (κ3) is 4.63. The predicted octanol–water partition coefficient (Wildman–Crippen LogP) is 2.03. The molecule has 0 aliphatic heterocycles. The van der Waals surface area contributed by atoms with E-state index in [0.29, 0.717) is 5.69 Å². The van der Waals surface area contributed by atoms with E-state index >= 15 is 0 Å². The molecule has 2 N–H and O–H groups in total. The normalized spacial score (nSPS) is 9.72. The summed E-state index contributed by atoms with van der Waals surface area (Å²) in [5, 5.41) is 4.75. The molecule has 18 heavy (non-hydrogen) atoms. The van der Waals surface area contributed by atoms with E-state index in [4.69, 9.17) is 11.6 Å². The van der Waals surface area contributed by atoms with Crippen LogP contribution in [0.1, 0.15) is 6.42 Å². The molecule has 6 heteroatoms. The van der Waals surface area contributed by atoms with Crippen LogP contribution in [0.2, 0.25) is 0 Å². The lowest BCUT2D eigenvalue weighted by Gasteiger charge is -2.13. The zero-order chi connectivity index (χ0) is 13.5. The zero-order valence-corrected chi connectivity index (χ0v) is 11.1. The molecule has 1 aromatic carbocycles. The summed E-state index contributed by atoms with van der Waals surface area (Å²) in [6.07, 6.45) is 0.120. The number of hydrogen-bond acceptors (Lipinski definition) is 3.